The number of amides is 2. The van der Waals surface area contributed by atoms with Gasteiger partial charge in [0, 0.05) is 23.2 Å². The highest BCUT2D eigenvalue weighted by molar-refractivity contribution is 8.00. The molecule has 6 heteroatoms. The molecule has 0 bridgehead atoms. The minimum absolute atomic E-state index is 0.0423. The zero-order valence-electron chi connectivity index (χ0n) is 16.2. The average molecular weight is 417 g/mol. The summed E-state index contributed by atoms with van der Waals surface area (Å²) < 4.78 is 0. The summed E-state index contributed by atoms with van der Waals surface area (Å²) in [6, 6.07) is 15.3. The van der Waals surface area contributed by atoms with Crippen LogP contribution in [0.15, 0.2) is 48.5 Å². The van der Waals surface area contributed by atoms with Gasteiger partial charge in [-0.15, -0.1) is 11.8 Å². The average Bonchev–Trinajstić information content (AvgIpc) is 3.04. The molecule has 1 aliphatic rings. The van der Waals surface area contributed by atoms with Crippen molar-refractivity contribution in [3.8, 4) is 0 Å². The molecule has 0 aliphatic carbocycles. The van der Waals surface area contributed by atoms with Gasteiger partial charge in [-0.05, 0) is 48.7 Å². The SMILES string of the molecule is CCC[C@H](C)NC(=O)c1ccc([C@@H]2SCC(=O)N2Cc2ccc(Cl)cc2)cc1. The van der Waals surface area contributed by atoms with Crippen LogP contribution in [0.5, 0.6) is 0 Å². The van der Waals surface area contributed by atoms with Crippen LogP contribution in [0.3, 0.4) is 0 Å². The summed E-state index contributed by atoms with van der Waals surface area (Å²) in [4.78, 5) is 26.6. The predicted molar refractivity (Wildman–Crippen MR) is 115 cm³/mol. The van der Waals surface area contributed by atoms with E-state index in [4.69, 9.17) is 11.6 Å². The van der Waals surface area contributed by atoms with E-state index in [9.17, 15) is 9.59 Å². The first-order valence-electron chi connectivity index (χ1n) is 9.54. The first-order chi connectivity index (χ1) is 13.5. The predicted octanol–water partition coefficient (Wildman–Crippen LogP) is 5.03. The van der Waals surface area contributed by atoms with Crippen LogP contribution in [0.4, 0.5) is 0 Å². The Balaban J connectivity index is 1.70. The van der Waals surface area contributed by atoms with Gasteiger partial charge in [-0.25, -0.2) is 0 Å². The third kappa shape index (κ3) is 5.09. The Morgan fingerprint density at radius 1 is 1.21 bits per heavy atom. The molecule has 3 rings (SSSR count). The van der Waals surface area contributed by atoms with Gasteiger partial charge >= 0.3 is 0 Å². The van der Waals surface area contributed by atoms with Gasteiger partial charge in [0.1, 0.15) is 5.37 Å². The van der Waals surface area contributed by atoms with Crippen LogP contribution in [-0.2, 0) is 11.3 Å². The smallest absolute Gasteiger partial charge is 0.251 e. The Hall–Kier alpha value is -1.98. The molecule has 148 valence electrons. The number of nitrogens with zero attached hydrogens (tertiary/aromatic N) is 1. The fraction of sp³-hybridized carbons (Fsp3) is 0.364. The van der Waals surface area contributed by atoms with E-state index in [-0.39, 0.29) is 23.2 Å². The lowest BCUT2D eigenvalue weighted by molar-refractivity contribution is -0.128. The van der Waals surface area contributed by atoms with Crippen molar-refractivity contribution in [1.29, 1.82) is 0 Å². The summed E-state index contributed by atoms with van der Waals surface area (Å²) in [5, 5.41) is 3.66. The molecule has 2 amide bonds. The molecule has 1 fully saturated rings. The lowest BCUT2D eigenvalue weighted by atomic mass is 10.1. The van der Waals surface area contributed by atoms with Gasteiger partial charge in [0.05, 0.1) is 5.75 Å². The maximum absolute atomic E-state index is 12.4. The van der Waals surface area contributed by atoms with Crippen molar-refractivity contribution in [3.05, 3.63) is 70.2 Å². The molecule has 4 nitrogen and oxygen atoms in total. The topological polar surface area (TPSA) is 49.4 Å². The number of carbonyl (C=O) groups is 2. The fourth-order valence-corrected chi connectivity index (χ4v) is 4.61. The standard InChI is InChI=1S/C22H25ClN2O2S/c1-3-4-15(2)24-21(27)17-7-9-18(10-8-17)22-25(20(26)14-28-22)13-16-5-11-19(23)12-6-16/h5-12,15,22H,3-4,13-14H2,1-2H3,(H,24,27)/t15-,22-/m0/s1. The van der Waals surface area contributed by atoms with Crippen LogP contribution >= 0.6 is 23.4 Å². The number of benzene rings is 2. The van der Waals surface area contributed by atoms with Gasteiger partial charge in [-0.1, -0.05) is 49.2 Å². The van der Waals surface area contributed by atoms with Gasteiger partial charge in [-0.3, -0.25) is 9.59 Å². The Labute approximate surface area is 175 Å². The summed E-state index contributed by atoms with van der Waals surface area (Å²) in [5.41, 5.74) is 2.72. The molecule has 0 unspecified atom stereocenters. The molecule has 0 spiro atoms. The minimum Gasteiger partial charge on any atom is -0.350 e. The molecular formula is C22H25ClN2O2S. The third-order valence-corrected chi connectivity index (χ3v) is 6.30. The van der Waals surface area contributed by atoms with E-state index < -0.39 is 0 Å². The van der Waals surface area contributed by atoms with E-state index in [0.717, 1.165) is 24.0 Å². The molecule has 0 radical (unpaired) electrons. The van der Waals surface area contributed by atoms with Crippen molar-refractivity contribution in [3.63, 3.8) is 0 Å². The summed E-state index contributed by atoms with van der Waals surface area (Å²) in [5.74, 6) is 0.538. The van der Waals surface area contributed by atoms with Crippen molar-refractivity contribution in [2.75, 3.05) is 5.75 Å². The van der Waals surface area contributed by atoms with Crippen molar-refractivity contribution in [1.82, 2.24) is 10.2 Å². The minimum atomic E-state index is -0.0549. The number of halogens is 1. The number of hydrogen-bond donors (Lipinski definition) is 1. The quantitative estimate of drug-likeness (QED) is 0.688. The van der Waals surface area contributed by atoms with Crippen LogP contribution in [0.2, 0.25) is 5.02 Å². The molecule has 1 saturated heterocycles. The van der Waals surface area contributed by atoms with E-state index in [1.807, 2.05) is 60.4 Å². The van der Waals surface area contributed by atoms with Gasteiger partial charge in [-0.2, -0.15) is 0 Å². The Morgan fingerprint density at radius 2 is 1.89 bits per heavy atom. The maximum atomic E-state index is 12.4. The number of carbonyl (C=O) groups excluding carboxylic acids is 2. The Kier molecular flexibility index (Phi) is 7.03. The third-order valence-electron chi connectivity index (χ3n) is 4.79. The molecule has 28 heavy (non-hydrogen) atoms. The van der Waals surface area contributed by atoms with Crippen molar-refractivity contribution >= 4 is 35.2 Å². The van der Waals surface area contributed by atoms with Crippen LogP contribution in [0.25, 0.3) is 0 Å². The maximum Gasteiger partial charge on any atom is 0.251 e. The summed E-state index contributed by atoms with van der Waals surface area (Å²) in [6.45, 7) is 4.67. The zero-order valence-corrected chi connectivity index (χ0v) is 17.7. The molecule has 2 aromatic rings. The molecule has 2 aromatic carbocycles. The highest BCUT2D eigenvalue weighted by Crippen LogP contribution is 2.39. The number of hydrogen-bond acceptors (Lipinski definition) is 3. The second-order valence-corrected chi connectivity index (χ2v) is 8.60. The van der Waals surface area contributed by atoms with E-state index in [0.29, 0.717) is 22.9 Å². The summed E-state index contributed by atoms with van der Waals surface area (Å²) >= 11 is 7.57. The lowest BCUT2D eigenvalue weighted by Gasteiger charge is -2.24. The highest BCUT2D eigenvalue weighted by Gasteiger charge is 2.32. The Morgan fingerprint density at radius 3 is 2.54 bits per heavy atom. The van der Waals surface area contributed by atoms with E-state index in [1.54, 1.807) is 11.8 Å². The van der Waals surface area contributed by atoms with Gasteiger partial charge < -0.3 is 10.2 Å². The second-order valence-electron chi connectivity index (χ2n) is 7.10. The van der Waals surface area contributed by atoms with Crippen molar-refractivity contribution in [2.24, 2.45) is 0 Å². The molecule has 1 N–H and O–H groups in total. The van der Waals surface area contributed by atoms with E-state index >= 15 is 0 Å². The number of rotatable bonds is 7. The summed E-state index contributed by atoms with van der Waals surface area (Å²) in [7, 11) is 0. The van der Waals surface area contributed by atoms with Crippen LogP contribution < -0.4 is 5.32 Å². The van der Waals surface area contributed by atoms with Crippen molar-refractivity contribution in [2.45, 2.75) is 44.6 Å². The second kappa shape index (κ2) is 9.48. The van der Waals surface area contributed by atoms with E-state index in [1.165, 1.54) is 0 Å². The summed E-state index contributed by atoms with van der Waals surface area (Å²) in [6.07, 6.45) is 2.00. The monoisotopic (exact) mass is 416 g/mol. The molecular weight excluding hydrogens is 392 g/mol. The Bertz CT molecular complexity index is 823. The van der Waals surface area contributed by atoms with Gasteiger partial charge in [0.15, 0.2) is 0 Å². The van der Waals surface area contributed by atoms with Crippen LogP contribution in [0.1, 0.15) is 53.5 Å². The zero-order chi connectivity index (χ0) is 20.1. The van der Waals surface area contributed by atoms with Crippen molar-refractivity contribution < 1.29 is 9.59 Å². The highest BCUT2D eigenvalue weighted by atomic mass is 35.5. The molecule has 1 heterocycles. The molecule has 2 atom stereocenters. The first kappa shape index (κ1) is 20.7. The molecule has 0 saturated carbocycles. The van der Waals surface area contributed by atoms with Crippen LogP contribution in [-0.4, -0.2) is 28.5 Å². The van der Waals surface area contributed by atoms with E-state index in [2.05, 4.69) is 12.2 Å². The lowest BCUT2D eigenvalue weighted by Crippen LogP contribution is -2.32. The number of thioether (sulfide) groups is 1. The molecule has 0 aromatic heterocycles. The number of nitrogens with one attached hydrogen (secondary N) is 1. The van der Waals surface area contributed by atoms with Gasteiger partial charge in [0.2, 0.25) is 5.91 Å². The molecule has 1 aliphatic heterocycles. The largest absolute Gasteiger partial charge is 0.350 e. The fourth-order valence-electron chi connectivity index (χ4n) is 3.30. The van der Waals surface area contributed by atoms with Crippen LogP contribution in [0, 0.1) is 0 Å². The normalized spacial score (nSPS) is 17.6. The first-order valence-corrected chi connectivity index (χ1v) is 11.0. The van der Waals surface area contributed by atoms with Gasteiger partial charge in [0.25, 0.3) is 5.91 Å².